The van der Waals surface area contributed by atoms with Gasteiger partial charge in [0.25, 0.3) is 10.2 Å². The SMILES string of the molecule is CN(CCCN)S(=O)(=O)NC1CC1c1ccccc1. The number of nitrogens with one attached hydrogen (secondary N) is 1. The van der Waals surface area contributed by atoms with Crippen molar-refractivity contribution in [1.82, 2.24) is 9.03 Å². The van der Waals surface area contributed by atoms with Crippen LogP contribution in [-0.2, 0) is 10.2 Å². The molecule has 1 fully saturated rings. The molecule has 1 aromatic carbocycles. The number of hydrogen-bond donors (Lipinski definition) is 2. The summed E-state index contributed by atoms with van der Waals surface area (Å²) in [5.74, 6) is 0.305. The average molecular weight is 283 g/mol. The summed E-state index contributed by atoms with van der Waals surface area (Å²) in [4.78, 5) is 0. The lowest BCUT2D eigenvalue weighted by Crippen LogP contribution is -2.40. The molecule has 1 aliphatic rings. The van der Waals surface area contributed by atoms with Gasteiger partial charge < -0.3 is 5.73 Å². The van der Waals surface area contributed by atoms with Crippen LogP contribution >= 0.6 is 0 Å². The molecule has 0 aliphatic heterocycles. The van der Waals surface area contributed by atoms with Gasteiger partial charge in [-0.1, -0.05) is 30.3 Å². The topological polar surface area (TPSA) is 75.4 Å². The molecule has 1 aliphatic carbocycles. The van der Waals surface area contributed by atoms with Crippen LogP contribution in [0.1, 0.15) is 24.3 Å². The number of nitrogens with two attached hydrogens (primary N) is 1. The third kappa shape index (κ3) is 3.76. The van der Waals surface area contributed by atoms with Gasteiger partial charge >= 0.3 is 0 Å². The molecule has 2 unspecified atom stereocenters. The Morgan fingerprint density at radius 1 is 1.37 bits per heavy atom. The fraction of sp³-hybridized carbons (Fsp3) is 0.538. The molecule has 6 heteroatoms. The molecule has 0 saturated heterocycles. The highest BCUT2D eigenvalue weighted by Gasteiger charge is 2.41. The zero-order chi connectivity index (χ0) is 13.9. The first-order chi connectivity index (χ1) is 9.04. The Balaban J connectivity index is 1.89. The maximum Gasteiger partial charge on any atom is 0.279 e. The van der Waals surface area contributed by atoms with Gasteiger partial charge in [-0.2, -0.15) is 17.4 Å². The minimum absolute atomic E-state index is 0.0210. The van der Waals surface area contributed by atoms with Gasteiger partial charge in [-0.25, -0.2) is 0 Å². The van der Waals surface area contributed by atoms with Crippen molar-refractivity contribution in [3.8, 4) is 0 Å². The fourth-order valence-electron chi connectivity index (χ4n) is 2.11. The predicted octanol–water partition coefficient (Wildman–Crippen LogP) is 0.658. The summed E-state index contributed by atoms with van der Waals surface area (Å²) in [7, 11) is -1.80. The summed E-state index contributed by atoms with van der Waals surface area (Å²) in [6.45, 7) is 0.949. The van der Waals surface area contributed by atoms with Gasteiger partial charge in [0.05, 0.1) is 0 Å². The molecule has 0 radical (unpaired) electrons. The van der Waals surface area contributed by atoms with E-state index in [9.17, 15) is 8.42 Å². The van der Waals surface area contributed by atoms with Gasteiger partial charge in [0, 0.05) is 25.6 Å². The summed E-state index contributed by atoms with van der Waals surface area (Å²) >= 11 is 0. The maximum atomic E-state index is 12.0. The van der Waals surface area contributed by atoms with Crippen LogP contribution in [0, 0.1) is 0 Å². The zero-order valence-corrected chi connectivity index (χ0v) is 11.9. The third-order valence-corrected chi connectivity index (χ3v) is 5.01. The second-order valence-corrected chi connectivity index (χ2v) is 6.76. The van der Waals surface area contributed by atoms with Crippen molar-refractivity contribution in [1.29, 1.82) is 0 Å². The second-order valence-electron chi connectivity index (χ2n) is 4.95. The van der Waals surface area contributed by atoms with E-state index < -0.39 is 10.2 Å². The van der Waals surface area contributed by atoms with E-state index in [1.807, 2.05) is 30.3 Å². The van der Waals surface area contributed by atoms with Crippen molar-refractivity contribution in [3.63, 3.8) is 0 Å². The Bertz CT molecular complexity index is 504. The molecular weight excluding hydrogens is 262 g/mol. The summed E-state index contributed by atoms with van der Waals surface area (Å²) in [6.07, 6.45) is 1.54. The van der Waals surface area contributed by atoms with Crippen LogP contribution in [0.4, 0.5) is 0 Å². The Morgan fingerprint density at radius 2 is 2.05 bits per heavy atom. The van der Waals surface area contributed by atoms with Crippen molar-refractivity contribution in [2.24, 2.45) is 5.73 Å². The van der Waals surface area contributed by atoms with E-state index in [-0.39, 0.29) is 6.04 Å². The lowest BCUT2D eigenvalue weighted by molar-refractivity contribution is 0.452. The van der Waals surface area contributed by atoms with Crippen molar-refractivity contribution in [2.75, 3.05) is 20.1 Å². The molecule has 2 atom stereocenters. The first kappa shape index (κ1) is 14.5. The minimum atomic E-state index is -3.38. The van der Waals surface area contributed by atoms with Crippen LogP contribution in [0.15, 0.2) is 30.3 Å². The quantitative estimate of drug-likeness (QED) is 0.772. The summed E-state index contributed by atoms with van der Waals surface area (Å²) in [5, 5.41) is 0. The van der Waals surface area contributed by atoms with E-state index in [4.69, 9.17) is 5.73 Å². The van der Waals surface area contributed by atoms with E-state index in [0.717, 1.165) is 6.42 Å². The van der Waals surface area contributed by atoms with Crippen LogP contribution in [-0.4, -0.2) is 38.9 Å². The molecule has 106 valence electrons. The number of nitrogens with zero attached hydrogens (tertiary/aromatic N) is 1. The smallest absolute Gasteiger partial charge is 0.279 e. The van der Waals surface area contributed by atoms with Gasteiger partial charge in [-0.15, -0.1) is 0 Å². The van der Waals surface area contributed by atoms with Crippen LogP contribution in [0.2, 0.25) is 0 Å². The van der Waals surface area contributed by atoms with Crippen molar-refractivity contribution < 1.29 is 8.42 Å². The highest BCUT2D eigenvalue weighted by Crippen LogP contribution is 2.41. The average Bonchev–Trinajstić information content (AvgIpc) is 3.15. The molecule has 5 nitrogen and oxygen atoms in total. The van der Waals surface area contributed by atoms with E-state index in [0.29, 0.717) is 25.4 Å². The molecule has 0 heterocycles. The van der Waals surface area contributed by atoms with E-state index in [1.165, 1.54) is 9.87 Å². The van der Waals surface area contributed by atoms with Gasteiger partial charge in [0.2, 0.25) is 0 Å². The van der Waals surface area contributed by atoms with Crippen LogP contribution in [0.25, 0.3) is 0 Å². The van der Waals surface area contributed by atoms with Crippen molar-refractivity contribution in [2.45, 2.75) is 24.8 Å². The fourth-order valence-corrected chi connectivity index (χ4v) is 3.30. The molecule has 0 bridgehead atoms. The Hall–Kier alpha value is -0.950. The van der Waals surface area contributed by atoms with Gasteiger partial charge in [-0.3, -0.25) is 0 Å². The standard InChI is InChI=1S/C13H21N3O2S/c1-16(9-5-8-14)19(17,18)15-13-10-12(13)11-6-3-2-4-7-11/h2-4,6-7,12-13,15H,5,8-10,14H2,1H3. The maximum absolute atomic E-state index is 12.0. The largest absolute Gasteiger partial charge is 0.330 e. The molecule has 3 N–H and O–H groups in total. The van der Waals surface area contributed by atoms with E-state index in [2.05, 4.69) is 4.72 Å². The molecule has 19 heavy (non-hydrogen) atoms. The van der Waals surface area contributed by atoms with Crippen LogP contribution in [0.5, 0.6) is 0 Å². The molecule has 0 aromatic heterocycles. The van der Waals surface area contributed by atoms with Gasteiger partial charge in [0.1, 0.15) is 0 Å². The van der Waals surface area contributed by atoms with Crippen LogP contribution < -0.4 is 10.5 Å². The van der Waals surface area contributed by atoms with Gasteiger partial charge in [0.15, 0.2) is 0 Å². The predicted molar refractivity (Wildman–Crippen MR) is 75.9 cm³/mol. The normalized spacial score (nSPS) is 22.7. The highest BCUT2D eigenvalue weighted by atomic mass is 32.2. The van der Waals surface area contributed by atoms with Crippen molar-refractivity contribution in [3.05, 3.63) is 35.9 Å². The monoisotopic (exact) mass is 283 g/mol. The zero-order valence-electron chi connectivity index (χ0n) is 11.1. The number of rotatable bonds is 7. The molecule has 1 saturated carbocycles. The Kier molecular flexibility index (Phi) is 4.57. The van der Waals surface area contributed by atoms with Crippen LogP contribution in [0.3, 0.4) is 0 Å². The minimum Gasteiger partial charge on any atom is -0.330 e. The first-order valence-electron chi connectivity index (χ1n) is 6.53. The second kappa shape index (κ2) is 6.00. The number of hydrogen-bond acceptors (Lipinski definition) is 3. The van der Waals surface area contributed by atoms with E-state index >= 15 is 0 Å². The Labute approximate surface area is 115 Å². The summed E-state index contributed by atoms with van der Waals surface area (Å²) in [5.41, 5.74) is 6.58. The van der Waals surface area contributed by atoms with E-state index in [1.54, 1.807) is 7.05 Å². The highest BCUT2D eigenvalue weighted by molar-refractivity contribution is 7.87. The van der Waals surface area contributed by atoms with Gasteiger partial charge in [-0.05, 0) is 24.9 Å². The molecule has 1 aromatic rings. The third-order valence-electron chi connectivity index (χ3n) is 3.41. The molecule has 0 amide bonds. The summed E-state index contributed by atoms with van der Waals surface area (Å²) in [6, 6.07) is 10.0. The molecular formula is C13H21N3O2S. The lowest BCUT2D eigenvalue weighted by Gasteiger charge is -2.17. The molecule has 0 spiro atoms. The Morgan fingerprint density at radius 3 is 2.68 bits per heavy atom. The number of benzene rings is 1. The molecule has 2 rings (SSSR count). The first-order valence-corrected chi connectivity index (χ1v) is 7.97. The summed E-state index contributed by atoms with van der Waals surface area (Å²) < 4.78 is 28.2. The lowest BCUT2D eigenvalue weighted by atomic mass is 10.1. The van der Waals surface area contributed by atoms with Crippen molar-refractivity contribution >= 4 is 10.2 Å².